The van der Waals surface area contributed by atoms with E-state index in [9.17, 15) is 0 Å². The van der Waals surface area contributed by atoms with Crippen molar-refractivity contribution >= 4 is 28.2 Å². The fourth-order valence-corrected chi connectivity index (χ4v) is 2.48. The van der Waals surface area contributed by atoms with Crippen LogP contribution in [0.2, 0.25) is 0 Å². The predicted molar refractivity (Wildman–Crippen MR) is 95.3 cm³/mol. The number of fused-ring (bicyclic) bond motifs is 1. The molecule has 0 atom stereocenters. The number of rotatable bonds is 4. The fraction of sp³-hybridized carbons (Fsp3) is 0.188. The van der Waals surface area contributed by atoms with Gasteiger partial charge in [-0.2, -0.15) is 0 Å². The highest BCUT2D eigenvalue weighted by Gasteiger charge is 2.10. The predicted octanol–water partition coefficient (Wildman–Crippen LogP) is 1.82. The number of nitrogens with one attached hydrogen (secondary N) is 1. The Kier molecular flexibility index (Phi) is 4.22. The van der Waals surface area contributed by atoms with Crippen molar-refractivity contribution in [3.05, 3.63) is 48.4 Å². The van der Waals surface area contributed by atoms with Crippen molar-refractivity contribution in [2.24, 2.45) is 12.8 Å². The molecule has 0 aliphatic carbocycles. The standard InChI is InChI=1S/C16H18N6S/c1-21-10-18-9-15(21)14-7-11(8-19-22(2)16(17)23)12-5-3-4-6-13(12)20-14/h3-7,9-10,19H,8H2,1-2H3,(H2,17,23). The molecule has 0 saturated heterocycles. The van der Waals surface area contributed by atoms with Gasteiger partial charge in [0.15, 0.2) is 5.11 Å². The molecule has 0 radical (unpaired) electrons. The molecule has 0 amide bonds. The van der Waals surface area contributed by atoms with Gasteiger partial charge in [-0.1, -0.05) is 18.2 Å². The molecule has 3 aromatic rings. The van der Waals surface area contributed by atoms with Crippen LogP contribution in [0.25, 0.3) is 22.3 Å². The van der Waals surface area contributed by atoms with Crippen LogP contribution in [0.4, 0.5) is 0 Å². The van der Waals surface area contributed by atoms with E-state index in [0.29, 0.717) is 11.7 Å². The Morgan fingerprint density at radius 3 is 2.87 bits per heavy atom. The number of aromatic nitrogens is 3. The van der Waals surface area contributed by atoms with Crippen molar-refractivity contribution in [2.75, 3.05) is 7.05 Å². The highest BCUT2D eigenvalue weighted by atomic mass is 32.1. The van der Waals surface area contributed by atoms with Crippen LogP contribution in [0.3, 0.4) is 0 Å². The molecule has 1 aromatic carbocycles. The Hall–Kier alpha value is -2.51. The molecule has 6 nitrogen and oxygen atoms in total. The van der Waals surface area contributed by atoms with E-state index >= 15 is 0 Å². The molecule has 0 bridgehead atoms. The molecule has 0 aliphatic heterocycles. The summed E-state index contributed by atoms with van der Waals surface area (Å²) in [4.78, 5) is 8.92. The van der Waals surface area contributed by atoms with Crippen molar-refractivity contribution < 1.29 is 0 Å². The van der Waals surface area contributed by atoms with Gasteiger partial charge in [0, 0.05) is 26.0 Å². The molecule has 2 aromatic heterocycles. The summed E-state index contributed by atoms with van der Waals surface area (Å²) >= 11 is 4.95. The van der Waals surface area contributed by atoms with Gasteiger partial charge in [-0.25, -0.2) is 15.4 Å². The average Bonchev–Trinajstić information content (AvgIpc) is 2.98. The quantitative estimate of drug-likeness (QED) is 0.563. The SMILES string of the molecule is CN(NCc1cc(-c2cncn2C)nc2ccccc12)C(N)=S. The summed E-state index contributed by atoms with van der Waals surface area (Å²) in [5, 5.41) is 3.03. The number of hydrazine groups is 1. The first kappa shape index (κ1) is 15.4. The zero-order chi connectivity index (χ0) is 16.4. The molecule has 3 N–H and O–H groups in total. The van der Waals surface area contributed by atoms with Gasteiger partial charge in [0.1, 0.15) is 0 Å². The summed E-state index contributed by atoms with van der Waals surface area (Å²) in [6.45, 7) is 0.599. The lowest BCUT2D eigenvalue weighted by molar-refractivity contribution is 0.366. The molecular formula is C16H18N6S. The number of nitrogens with zero attached hydrogens (tertiary/aromatic N) is 4. The maximum Gasteiger partial charge on any atom is 0.180 e. The number of pyridine rings is 1. The summed E-state index contributed by atoms with van der Waals surface area (Å²) in [5.41, 5.74) is 12.7. The van der Waals surface area contributed by atoms with Gasteiger partial charge < -0.3 is 10.3 Å². The van der Waals surface area contributed by atoms with E-state index in [1.54, 1.807) is 18.4 Å². The fourth-order valence-electron chi connectivity index (χ4n) is 2.41. The van der Waals surface area contributed by atoms with E-state index in [0.717, 1.165) is 27.9 Å². The highest BCUT2D eigenvalue weighted by Crippen LogP contribution is 2.24. The van der Waals surface area contributed by atoms with E-state index in [1.165, 1.54) is 0 Å². The van der Waals surface area contributed by atoms with Crippen LogP contribution < -0.4 is 11.2 Å². The zero-order valence-electron chi connectivity index (χ0n) is 13.0. The van der Waals surface area contributed by atoms with Crippen molar-refractivity contribution in [3.63, 3.8) is 0 Å². The molecule has 0 fully saturated rings. The van der Waals surface area contributed by atoms with Gasteiger partial charge in [-0.3, -0.25) is 5.01 Å². The van der Waals surface area contributed by atoms with Crippen LogP contribution in [0.5, 0.6) is 0 Å². The number of hydrogen-bond donors (Lipinski definition) is 2. The van der Waals surface area contributed by atoms with E-state index in [1.807, 2.05) is 36.0 Å². The van der Waals surface area contributed by atoms with E-state index in [-0.39, 0.29) is 0 Å². The van der Waals surface area contributed by atoms with Crippen LogP contribution in [0.15, 0.2) is 42.9 Å². The van der Waals surface area contributed by atoms with E-state index in [2.05, 4.69) is 22.5 Å². The summed E-state index contributed by atoms with van der Waals surface area (Å²) in [7, 11) is 3.76. The Bertz CT molecular complexity index is 857. The average molecular weight is 326 g/mol. The normalized spacial score (nSPS) is 10.9. The molecule has 118 valence electrons. The first-order valence-electron chi connectivity index (χ1n) is 7.18. The minimum absolute atomic E-state index is 0.301. The lowest BCUT2D eigenvalue weighted by Crippen LogP contribution is -2.42. The van der Waals surface area contributed by atoms with Crippen LogP contribution in [-0.4, -0.2) is 31.7 Å². The third kappa shape index (κ3) is 3.15. The smallest absolute Gasteiger partial charge is 0.180 e. The van der Waals surface area contributed by atoms with Crippen LogP contribution >= 0.6 is 12.2 Å². The topological polar surface area (TPSA) is 72.0 Å². The summed E-state index contributed by atoms with van der Waals surface area (Å²) < 4.78 is 1.95. The number of aryl methyl sites for hydroxylation is 1. The molecule has 2 heterocycles. The Morgan fingerprint density at radius 1 is 1.39 bits per heavy atom. The number of para-hydroxylation sites is 1. The number of imidazole rings is 1. The Morgan fingerprint density at radius 2 is 2.17 bits per heavy atom. The first-order chi connectivity index (χ1) is 11.1. The van der Waals surface area contributed by atoms with Crippen molar-refractivity contribution in [1.29, 1.82) is 0 Å². The second-order valence-corrected chi connectivity index (χ2v) is 5.72. The maximum absolute atomic E-state index is 5.61. The minimum atomic E-state index is 0.301. The molecule has 7 heteroatoms. The van der Waals surface area contributed by atoms with Crippen LogP contribution in [0.1, 0.15) is 5.56 Å². The Labute approximate surface area is 139 Å². The van der Waals surface area contributed by atoms with Crippen molar-refractivity contribution in [2.45, 2.75) is 6.54 Å². The lowest BCUT2D eigenvalue weighted by atomic mass is 10.1. The minimum Gasteiger partial charge on any atom is -0.375 e. The zero-order valence-corrected chi connectivity index (χ0v) is 13.8. The van der Waals surface area contributed by atoms with Crippen LogP contribution in [0, 0.1) is 0 Å². The van der Waals surface area contributed by atoms with Gasteiger partial charge in [0.2, 0.25) is 0 Å². The van der Waals surface area contributed by atoms with Gasteiger partial charge >= 0.3 is 0 Å². The third-order valence-electron chi connectivity index (χ3n) is 3.72. The van der Waals surface area contributed by atoms with Gasteiger partial charge in [0.05, 0.1) is 29.4 Å². The van der Waals surface area contributed by atoms with E-state index in [4.69, 9.17) is 22.9 Å². The molecular weight excluding hydrogens is 308 g/mol. The summed E-state index contributed by atoms with van der Waals surface area (Å²) in [6, 6.07) is 10.1. The molecule has 0 unspecified atom stereocenters. The second kappa shape index (κ2) is 6.31. The van der Waals surface area contributed by atoms with Crippen molar-refractivity contribution in [1.82, 2.24) is 25.0 Å². The van der Waals surface area contributed by atoms with Crippen molar-refractivity contribution in [3.8, 4) is 11.4 Å². The number of thiocarbonyl (C=S) groups is 1. The lowest BCUT2D eigenvalue weighted by Gasteiger charge is -2.19. The highest BCUT2D eigenvalue weighted by molar-refractivity contribution is 7.80. The third-order valence-corrected chi connectivity index (χ3v) is 3.99. The monoisotopic (exact) mass is 326 g/mol. The number of hydrogen-bond acceptors (Lipinski definition) is 4. The molecule has 23 heavy (non-hydrogen) atoms. The second-order valence-electron chi connectivity index (χ2n) is 5.31. The largest absolute Gasteiger partial charge is 0.375 e. The van der Waals surface area contributed by atoms with Crippen LogP contribution in [-0.2, 0) is 13.6 Å². The van der Waals surface area contributed by atoms with Gasteiger partial charge in [-0.15, -0.1) is 0 Å². The number of nitrogens with two attached hydrogens (primary N) is 1. The number of benzene rings is 1. The molecule has 0 spiro atoms. The summed E-state index contributed by atoms with van der Waals surface area (Å²) in [6.07, 6.45) is 3.58. The van der Waals surface area contributed by atoms with Gasteiger partial charge in [0.25, 0.3) is 0 Å². The first-order valence-corrected chi connectivity index (χ1v) is 7.59. The summed E-state index contributed by atoms with van der Waals surface area (Å²) in [5.74, 6) is 0. The molecule has 0 aliphatic rings. The molecule has 3 rings (SSSR count). The van der Waals surface area contributed by atoms with Gasteiger partial charge in [-0.05, 0) is 29.9 Å². The van der Waals surface area contributed by atoms with E-state index < -0.39 is 0 Å². The maximum atomic E-state index is 5.61. The molecule has 0 saturated carbocycles. The Balaban J connectivity index is 2.04.